The van der Waals surface area contributed by atoms with Crippen LogP contribution in [0.4, 0.5) is 0 Å². The number of aromatic nitrogens is 1. The summed E-state index contributed by atoms with van der Waals surface area (Å²) >= 11 is 1.18. The molecule has 96 valence electrons. The summed E-state index contributed by atoms with van der Waals surface area (Å²) in [5.74, 6) is 0.505. The first-order chi connectivity index (χ1) is 8.63. The van der Waals surface area contributed by atoms with Gasteiger partial charge >= 0.3 is 0 Å². The molecule has 18 heavy (non-hydrogen) atoms. The zero-order valence-electron chi connectivity index (χ0n) is 9.30. The van der Waals surface area contributed by atoms with E-state index in [1.54, 1.807) is 12.1 Å². The van der Waals surface area contributed by atoms with Gasteiger partial charge in [-0.25, -0.2) is 4.98 Å². The Balaban J connectivity index is 2.12. The van der Waals surface area contributed by atoms with Crippen LogP contribution in [0.15, 0.2) is 18.3 Å². The molecular weight excluding hydrogens is 256 g/mol. The number of aliphatic hydroxyl groups is 3. The standard InChI is InChI=1S/C11H12N2O4S/c12-4-6-8(2-1-3-13-6)17-11-10(16)9(15)7(14)5-18-11/h1-3,7,9-11,14-16H,5H2/t7-,9+,10-,11+/m1/s1. The largest absolute Gasteiger partial charge is 0.474 e. The van der Waals surface area contributed by atoms with Crippen LogP contribution in [0.5, 0.6) is 5.75 Å². The van der Waals surface area contributed by atoms with E-state index >= 15 is 0 Å². The third-order valence-corrected chi connectivity index (χ3v) is 3.81. The second-order valence-electron chi connectivity index (χ2n) is 3.83. The zero-order valence-corrected chi connectivity index (χ0v) is 10.1. The van der Waals surface area contributed by atoms with Crippen LogP contribution < -0.4 is 4.74 Å². The molecule has 0 radical (unpaired) electrons. The van der Waals surface area contributed by atoms with Crippen LogP contribution in [-0.4, -0.2) is 49.8 Å². The van der Waals surface area contributed by atoms with E-state index in [9.17, 15) is 15.3 Å². The molecule has 0 saturated carbocycles. The number of hydrogen-bond acceptors (Lipinski definition) is 7. The molecule has 1 saturated heterocycles. The molecule has 0 unspecified atom stereocenters. The van der Waals surface area contributed by atoms with Gasteiger partial charge < -0.3 is 20.1 Å². The molecule has 1 aromatic rings. The van der Waals surface area contributed by atoms with Gasteiger partial charge in [-0.1, -0.05) is 0 Å². The van der Waals surface area contributed by atoms with Crippen molar-refractivity contribution in [1.29, 1.82) is 5.26 Å². The first kappa shape index (κ1) is 13.1. The molecule has 1 aromatic heterocycles. The van der Waals surface area contributed by atoms with E-state index in [4.69, 9.17) is 10.00 Å². The number of aliphatic hydroxyl groups excluding tert-OH is 3. The van der Waals surface area contributed by atoms with Crippen molar-refractivity contribution in [2.24, 2.45) is 0 Å². The molecule has 7 heteroatoms. The summed E-state index contributed by atoms with van der Waals surface area (Å²) in [6.45, 7) is 0. The van der Waals surface area contributed by atoms with Gasteiger partial charge in [0.05, 0.1) is 6.10 Å². The Morgan fingerprint density at radius 1 is 1.39 bits per heavy atom. The number of thioether (sulfide) groups is 1. The van der Waals surface area contributed by atoms with Crippen LogP contribution in [0.3, 0.4) is 0 Å². The highest BCUT2D eigenvalue weighted by Crippen LogP contribution is 2.29. The number of nitrogens with zero attached hydrogens (tertiary/aromatic N) is 2. The summed E-state index contributed by atoms with van der Waals surface area (Å²) in [5.41, 5.74) is -0.620. The van der Waals surface area contributed by atoms with Gasteiger partial charge in [-0.2, -0.15) is 5.26 Å². The van der Waals surface area contributed by atoms with Crippen molar-refractivity contribution < 1.29 is 20.1 Å². The van der Waals surface area contributed by atoms with Crippen LogP contribution in [0.2, 0.25) is 0 Å². The Bertz CT molecular complexity index is 465. The van der Waals surface area contributed by atoms with Crippen molar-refractivity contribution in [3.8, 4) is 11.8 Å². The van der Waals surface area contributed by atoms with E-state index in [-0.39, 0.29) is 17.2 Å². The van der Waals surface area contributed by atoms with Crippen molar-refractivity contribution in [3.63, 3.8) is 0 Å². The van der Waals surface area contributed by atoms with Gasteiger partial charge in [-0.05, 0) is 12.1 Å². The topological polar surface area (TPSA) is 107 Å². The fourth-order valence-electron chi connectivity index (χ4n) is 1.58. The van der Waals surface area contributed by atoms with Crippen molar-refractivity contribution in [2.45, 2.75) is 23.7 Å². The van der Waals surface area contributed by atoms with Gasteiger partial charge in [-0.3, -0.25) is 0 Å². The molecule has 3 N–H and O–H groups in total. The van der Waals surface area contributed by atoms with Gasteiger partial charge in [0.25, 0.3) is 0 Å². The molecule has 0 amide bonds. The van der Waals surface area contributed by atoms with Gasteiger partial charge in [-0.15, -0.1) is 11.8 Å². The highest BCUT2D eigenvalue weighted by Gasteiger charge is 2.38. The summed E-state index contributed by atoms with van der Waals surface area (Å²) < 4.78 is 5.47. The highest BCUT2D eigenvalue weighted by molar-refractivity contribution is 7.99. The van der Waals surface area contributed by atoms with E-state index in [0.29, 0.717) is 0 Å². The lowest BCUT2D eigenvalue weighted by atomic mass is 10.1. The molecule has 0 aliphatic carbocycles. The first-order valence-electron chi connectivity index (χ1n) is 5.31. The quantitative estimate of drug-likeness (QED) is 0.663. The summed E-state index contributed by atoms with van der Waals surface area (Å²) in [6, 6.07) is 5.06. The maximum atomic E-state index is 9.77. The lowest BCUT2D eigenvalue weighted by Crippen LogP contribution is -2.50. The maximum Gasteiger partial charge on any atom is 0.182 e. The molecular formula is C11H12N2O4S. The summed E-state index contributed by atoms with van der Waals surface area (Å²) in [5, 5.41) is 37.6. The second kappa shape index (κ2) is 5.54. The Morgan fingerprint density at radius 3 is 2.89 bits per heavy atom. The second-order valence-corrected chi connectivity index (χ2v) is 4.96. The summed E-state index contributed by atoms with van der Waals surface area (Å²) in [6.07, 6.45) is -1.98. The molecule has 1 fully saturated rings. The average molecular weight is 268 g/mol. The molecule has 2 rings (SSSR count). The third kappa shape index (κ3) is 2.57. The van der Waals surface area contributed by atoms with Crippen LogP contribution in [0.1, 0.15) is 5.69 Å². The smallest absolute Gasteiger partial charge is 0.182 e. The minimum atomic E-state index is -1.25. The Kier molecular flexibility index (Phi) is 4.04. The zero-order chi connectivity index (χ0) is 13.1. The van der Waals surface area contributed by atoms with Crippen LogP contribution >= 0.6 is 11.8 Å². The normalized spacial score (nSPS) is 31.7. The average Bonchev–Trinajstić information content (AvgIpc) is 2.40. The van der Waals surface area contributed by atoms with Gasteiger partial charge in [0, 0.05) is 11.9 Å². The molecule has 1 aliphatic heterocycles. The predicted molar refractivity (Wildman–Crippen MR) is 63.8 cm³/mol. The van der Waals surface area contributed by atoms with Crippen LogP contribution in [0, 0.1) is 11.3 Å². The number of hydrogen-bond donors (Lipinski definition) is 3. The van der Waals surface area contributed by atoms with Crippen molar-refractivity contribution in [2.75, 3.05) is 5.75 Å². The van der Waals surface area contributed by atoms with Gasteiger partial charge in [0.15, 0.2) is 16.9 Å². The highest BCUT2D eigenvalue weighted by atomic mass is 32.2. The molecule has 1 aliphatic rings. The lowest BCUT2D eigenvalue weighted by Gasteiger charge is -2.34. The van der Waals surface area contributed by atoms with E-state index in [1.807, 2.05) is 6.07 Å². The van der Waals surface area contributed by atoms with Crippen molar-refractivity contribution >= 4 is 11.8 Å². The Morgan fingerprint density at radius 2 is 2.17 bits per heavy atom. The van der Waals surface area contributed by atoms with E-state index in [1.165, 1.54) is 18.0 Å². The van der Waals surface area contributed by atoms with Gasteiger partial charge in [0.1, 0.15) is 18.3 Å². The molecule has 2 heterocycles. The number of ether oxygens (including phenoxy) is 1. The molecule has 4 atom stereocenters. The number of pyridine rings is 1. The number of nitriles is 1. The van der Waals surface area contributed by atoms with Crippen molar-refractivity contribution in [1.82, 2.24) is 4.98 Å². The first-order valence-corrected chi connectivity index (χ1v) is 6.36. The SMILES string of the molecule is N#Cc1ncccc1O[C@H]1SC[C@@H](O)[C@H](O)[C@H]1O. The monoisotopic (exact) mass is 268 g/mol. The fourth-order valence-corrected chi connectivity index (χ4v) is 2.69. The number of rotatable bonds is 2. The summed E-state index contributed by atoms with van der Waals surface area (Å²) in [7, 11) is 0. The van der Waals surface area contributed by atoms with Gasteiger partial charge in [0.2, 0.25) is 0 Å². The van der Waals surface area contributed by atoms with E-state index in [0.717, 1.165) is 0 Å². The maximum absolute atomic E-state index is 9.77. The Hall–Kier alpha value is -1.33. The molecule has 0 bridgehead atoms. The molecule has 6 nitrogen and oxygen atoms in total. The molecule has 0 aromatic carbocycles. The predicted octanol–water partition coefficient (Wildman–Crippen LogP) is -0.512. The lowest BCUT2D eigenvalue weighted by molar-refractivity contribution is -0.0786. The summed E-state index contributed by atoms with van der Waals surface area (Å²) in [4.78, 5) is 3.83. The van der Waals surface area contributed by atoms with Crippen LogP contribution in [-0.2, 0) is 0 Å². The molecule has 0 spiro atoms. The Labute approximate surface area is 108 Å². The minimum Gasteiger partial charge on any atom is -0.474 e. The minimum absolute atomic E-state index is 0.117. The fraction of sp³-hybridized carbons (Fsp3) is 0.455. The van der Waals surface area contributed by atoms with Crippen LogP contribution in [0.25, 0.3) is 0 Å². The van der Waals surface area contributed by atoms with E-state index in [2.05, 4.69) is 4.98 Å². The van der Waals surface area contributed by atoms with E-state index < -0.39 is 23.7 Å². The van der Waals surface area contributed by atoms with Crippen molar-refractivity contribution in [3.05, 3.63) is 24.0 Å². The third-order valence-electron chi connectivity index (χ3n) is 2.57.